The second kappa shape index (κ2) is 13.0. The van der Waals surface area contributed by atoms with Crippen LogP contribution in [0.1, 0.15) is 0 Å². The van der Waals surface area contributed by atoms with E-state index in [9.17, 15) is 34.5 Å². The fourth-order valence-electron chi connectivity index (χ4n) is 1.36. The van der Waals surface area contributed by atoms with E-state index in [0.717, 1.165) is 11.5 Å². The van der Waals surface area contributed by atoms with Crippen molar-refractivity contribution in [1.29, 1.82) is 0 Å². The Morgan fingerprint density at radius 1 is 0.536 bits per heavy atom. The van der Waals surface area contributed by atoms with Crippen LogP contribution in [-0.4, -0.2) is 55.0 Å². The van der Waals surface area contributed by atoms with Crippen molar-refractivity contribution in [3.63, 3.8) is 0 Å². The van der Waals surface area contributed by atoms with Gasteiger partial charge in [-0.25, -0.2) is 0 Å². The predicted molar refractivity (Wildman–Crippen MR) is 97.1 cm³/mol. The fraction of sp³-hybridized carbons (Fsp3) is 0.143. The van der Waals surface area contributed by atoms with E-state index in [2.05, 4.69) is 24.3 Å². The van der Waals surface area contributed by atoms with Crippen LogP contribution in [0.25, 0.3) is 0 Å². The minimum Gasteiger partial charge on any atom is -0.418 e. The Morgan fingerprint density at radius 2 is 0.750 bits per heavy atom. The molecule has 0 saturated heterocycles. The Balaban J connectivity index is 0.000000607. The molecule has 0 radical (unpaired) electrons. The van der Waals surface area contributed by atoms with E-state index in [1.54, 1.807) is 14.2 Å². The zero-order valence-corrected chi connectivity index (χ0v) is 17.9. The van der Waals surface area contributed by atoms with Crippen LogP contribution in [0, 0.1) is 0 Å². The maximum Gasteiger partial charge on any atom is 0.673 e. The fourth-order valence-corrected chi connectivity index (χ4v) is 7.32. The molecular formula is C14H14B2F8O2Se2-2. The Labute approximate surface area is 168 Å². The number of hydrogen-bond acceptors (Lipinski definition) is 2. The first-order valence-electron chi connectivity index (χ1n) is 7.19. The summed E-state index contributed by atoms with van der Waals surface area (Å²) in [6.07, 6.45) is 0. The first kappa shape index (κ1) is 26.6. The summed E-state index contributed by atoms with van der Waals surface area (Å²) in [6.45, 7) is 0. The smallest absolute Gasteiger partial charge is 0.418 e. The molecule has 0 unspecified atom stereocenters. The summed E-state index contributed by atoms with van der Waals surface area (Å²) < 4.78 is 91.1. The molecule has 0 fully saturated rings. The molecule has 0 aromatic heterocycles. The summed E-state index contributed by atoms with van der Waals surface area (Å²) in [7, 11) is -8.61. The van der Waals surface area contributed by atoms with Crippen LogP contribution >= 0.6 is 0 Å². The number of methoxy groups -OCH3 is 2. The molecule has 2 nitrogen and oxygen atoms in total. The van der Waals surface area contributed by atoms with Crippen molar-refractivity contribution in [3.05, 3.63) is 48.5 Å². The number of hydrogen-bond donors (Lipinski definition) is 0. The normalized spacial score (nSPS) is 10.8. The largest absolute Gasteiger partial charge is 0.673 e. The quantitative estimate of drug-likeness (QED) is 0.423. The monoisotopic (exact) mass is 548 g/mol. The van der Waals surface area contributed by atoms with E-state index in [1.165, 1.54) is 8.92 Å². The zero-order chi connectivity index (χ0) is 21.8. The molecule has 2 aromatic rings. The maximum absolute atomic E-state index is 9.75. The molecule has 0 aliphatic rings. The van der Waals surface area contributed by atoms with Gasteiger partial charge >= 0.3 is 133 Å². The summed E-state index contributed by atoms with van der Waals surface area (Å²) in [5, 5.41) is 0. The minimum atomic E-state index is -6.00. The van der Waals surface area contributed by atoms with Crippen molar-refractivity contribution < 1.29 is 44.0 Å². The van der Waals surface area contributed by atoms with Gasteiger partial charge in [-0.3, -0.25) is 0 Å². The number of halogens is 8. The third-order valence-corrected chi connectivity index (χ3v) is 9.58. The molecule has 0 atom stereocenters. The Hall–Kier alpha value is -1.35. The number of benzene rings is 2. The third-order valence-electron chi connectivity index (χ3n) is 2.35. The van der Waals surface area contributed by atoms with Gasteiger partial charge in [-0.1, -0.05) is 0 Å². The van der Waals surface area contributed by atoms with E-state index in [-0.39, 0.29) is 0 Å². The summed E-state index contributed by atoms with van der Waals surface area (Å²) in [5.74, 6) is 1.85. The standard InChI is InChI=1S/C14H14O2Se2.2BF4/c1-15-11-3-7-13(8-4-11)17-18-14-9-5-12(16-2)6-10-14;2*2-1(3,4)5/h3-10H,1-2H3;;/q;2*-1. The van der Waals surface area contributed by atoms with Crippen molar-refractivity contribution in [1.82, 2.24) is 0 Å². The van der Waals surface area contributed by atoms with Crippen molar-refractivity contribution in [3.8, 4) is 11.5 Å². The molecule has 28 heavy (non-hydrogen) atoms. The van der Waals surface area contributed by atoms with E-state index in [0.29, 0.717) is 26.3 Å². The Morgan fingerprint density at radius 3 is 0.929 bits per heavy atom. The SMILES string of the molecule is COc1ccc([Se][Se]c2ccc(OC)cc2)cc1.F[B-](F)(F)F.F[B-](F)(F)F. The first-order chi connectivity index (χ1) is 12.8. The van der Waals surface area contributed by atoms with E-state index >= 15 is 0 Å². The van der Waals surface area contributed by atoms with Gasteiger partial charge in [0.1, 0.15) is 0 Å². The summed E-state index contributed by atoms with van der Waals surface area (Å²) in [4.78, 5) is 0. The molecule has 0 amide bonds. The van der Waals surface area contributed by atoms with Crippen LogP contribution in [0.4, 0.5) is 34.5 Å². The summed E-state index contributed by atoms with van der Waals surface area (Å²) in [6, 6.07) is 16.7. The zero-order valence-electron chi connectivity index (χ0n) is 14.4. The second-order valence-electron chi connectivity index (χ2n) is 4.51. The molecule has 0 aliphatic carbocycles. The molecule has 158 valence electrons. The molecule has 0 bridgehead atoms. The van der Waals surface area contributed by atoms with Crippen molar-refractivity contribution >= 4 is 49.7 Å². The topological polar surface area (TPSA) is 18.5 Å². The molecule has 2 rings (SSSR count). The molecule has 0 saturated carbocycles. The Bertz CT molecular complexity index is 596. The van der Waals surface area contributed by atoms with Crippen molar-refractivity contribution in [2.75, 3.05) is 14.2 Å². The first-order valence-corrected chi connectivity index (χ1v) is 13.2. The van der Waals surface area contributed by atoms with Gasteiger partial charge in [0.15, 0.2) is 0 Å². The molecular weight excluding hydrogens is 532 g/mol. The van der Waals surface area contributed by atoms with Crippen LogP contribution in [-0.2, 0) is 0 Å². The average Bonchev–Trinajstić information content (AvgIpc) is 2.58. The van der Waals surface area contributed by atoms with Gasteiger partial charge in [-0.05, 0) is 0 Å². The van der Waals surface area contributed by atoms with Gasteiger partial charge < -0.3 is 34.5 Å². The molecule has 2 aromatic carbocycles. The molecule has 0 spiro atoms. The van der Waals surface area contributed by atoms with Crippen LogP contribution in [0.15, 0.2) is 48.5 Å². The van der Waals surface area contributed by atoms with Gasteiger partial charge in [-0.2, -0.15) is 0 Å². The minimum absolute atomic E-state index is 0.522. The van der Waals surface area contributed by atoms with Crippen molar-refractivity contribution in [2.24, 2.45) is 0 Å². The Kier molecular flexibility index (Phi) is 12.4. The van der Waals surface area contributed by atoms with E-state index in [1.807, 2.05) is 24.3 Å². The average molecular weight is 546 g/mol. The van der Waals surface area contributed by atoms with E-state index < -0.39 is 14.5 Å². The summed E-state index contributed by atoms with van der Waals surface area (Å²) in [5.41, 5.74) is 0. The van der Waals surface area contributed by atoms with E-state index in [4.69, 9.17) is 9.47 Å². The van der Waals surface area contributed by atoms with Gasteiger partial charge in [-0.15, -0.1) is 0 Å². The van der Waals surface area contributed by atoms with Gasteiger partial charge in [0.05, 0.1) is 0 Å². The molecule has 0 N–H and O–H groups in total. The number of ether oxygens (including phenoxy) is 2. The molecule has 0 aliphatic heterocycles. The maximum atomic E-state index is 9.75. The van der Waals surface area contributed by atoms with Crippen LogP contribution < -0.4 is 18.4 Å². The van der Waals surface area contributed by atoms with Gasteiger partial charge in [0, 0.05) is 0 Å². The number of rotatable bonds is 5. The van der Waals surface area contributed by atoms with Crippen LogP contribution in [0.3, 0.4) is 0 Å². The van der Waals surface area contributed by atoms with Crippen LogP contribution in [0.2, 0.25) is 0 Å². The predicted octanol–water partition coefficient (Wildman–Crippen LogP) is 3.58. The molecule has 14 heteroatoms. The third kappa shape index (κ3) is 18.0. The second-order valence-corrected chi connectivity index (χ2v) is 10.8. The van der Waals surface area contributed by atoms with Gasteiger partial charge in [0.2, 0.25) is 0 Å². The van der Waals surface area contributed by atoms with Crippen LogP contribution in [0.5, 0.6) is 11.5 Å². The molecule has 0 heterocycles. The van der Waals surface area contributed by atoms with Crippen molar-refractivity contribution in [2.45, 2.75) is 0 Å². The van der Waals surface area contributed by atoms with Gasteiger partial charge in [0.25, 0.3) is 0 Å². The summed E-state index contributed by atoms with van der Waals surface area (Å²) >= 11 is 1.04.